The van der Waals surface area contributed by atoms with E-state index in [2.05, 4.69) is 32.9 Å². The predicted molar refractivity (Wildman–Crippen MR) is 78.9 cm³/mol. The van der Waals surface area contributed by atoms with Gasteiger partial charge in [-0.05, 0) is 47.8 Å². The molecule has 0 saturated carbocycles. The summed E-state index contributed by atoms with van der Waals surface area (Å²) in [5.41, 5.74) is 0.820. The quantitative estimate of drug-likeness (QED) is 0.670. The first-order valence-electron chi connectivity index (χ1n) is 5.24. The second-order valence-electron chi connectivity index (χ2n) is 3.52. The van der Waals surface area contributed by atoms with Crippen molar-refractivity contribution in [3.05, 3.63) is 33.0 Å². The lowest BCUT2D eigenvalue weighted by Crippen LogP contribution is -2.16. The van der Waals surface area contributed by atoms with Crippen molar-refractivity contribution in [2.45, 2.75) is 0 Å². The standard InChI is InChI=1S/C12H12ClIN2O/c1-15-5-6-17-12-10(14)7-9(13)8-3-2-4-16-11(8)12/h2-4,7,15H,5-6H2,1H3. The number of nitrogens with zero attached hydrogens (tertiary/aromatic N) is 1. The number of ether oxygens (including phenoxy) is 1. The summed E-state index contributed by atoms with van der Waals surface area (Å²) in [6.07, 6.45) is 1.75. The van der Waals surface area contributed by atoms with Crippen molar-refractivity contribution in [1.82, 2.24) is 10.3 Å². The van der Waals surface area contributed by atoms with Gasteiger partial charge in [-0.25, -0.2) is 0 Å². The number of hydrogen-bond acceptors (Lipinski definition) is 3. The lowest BCUT2D eigenvalue weighted by molar-refractivity contribution is 0.319. The first-order chi connectivity index (χ1) is 8.24. The van der Waals surface area contributed by atoms with Gasteiger partial charge in [0.05, 0.1) is 8.59 Å². The number of fused-ring (bicyclic) bond motifs is 1. The Morgan fingerprint density at radius 3 is 3.12 bits per heavy atom. The zero-order chi connectivity index (χ0) is 12.3. The topological polar surface area (TPSA) is 34.1 Å². The fourth-order valence-corrected chi connectivity index (χ4v) is 2.71. The van der Waals surface area contributed by atoms with Crippen LogP contribution in [0, 0.1) is 3.57 Å². The Kier molecular flexibility index (Phi) is 4.42. The molecule has 0 bridgehead atoms. The van der Waals surface area contributed by atoms with Crippen molar-refractivity contribution >= 4 is 45.1 Å². The van der Waals surface area contributed by atoms with Gasteiger partial charge in [0.25, 0.3) is 0 Å². The summed E-state index contributed by atoms with van der Waals surface area (Å²) in [4.78, 5) is 4.35. The monoisotopic (exact) mass is 362 g/mol. The molecule has 0 saturated heterocycles. The Bertz CT molecular complexity index is 533. The van der Waals surface area contributed by atoms with Gasteiger partial charge in [-0.15, -0.1) is 0 Å². The van der Waals surface area contributed by atoms with Crippen LogP contribution in [0.1, 0.15) is 0 Å². The minimum Gasteiger partial charge on any atom is -0.489 e. The number of aromatic nitrogens is 1. The molecule has 0 aliphatic heterocycles. The maximum atomic E-state index is 6.18. The Labute approximate surface area is 119 Å². The highest BCUT2D eigenvalue weighted by Crippen LogP contribution is 2.34. The molecule has 0 amide bonds. The summed E-state index contributed by atoms with van der Waals surface area (Å²) in [5, 5.41) is 4.67. The summed E-state index contributed by atoms with van der Waals surface area (Å²) < 4.78 is 6.74. The third-order valence-corrected chi connectivity index (χ3v) is 3.46. The third-order valence-electron chi connectivity index (χ3n) is 2.35. The molecule has 0 radical (unpaired) electrons. The molecule has 2 rings (SSSR count). The maximum absolute atomic E-state index is 6.18. The molecule has 17 heavy (non-hydrogen) atoms. The summed E-state index contributed by atoms with van der Waals surface area (Å²) >= 11 is 8.40. The molecule has 0 aliphatic carbocycles. The summed E-state index contributed by atoms with van der Waals surface area (Å²) in [5.74, 6) is 0.806. The van der Waals surface area contributed by atoms with E-state index in [0.717, 1.165) is 26.8 Å². The number of benzene rings is 1. The molecule has 0 spiro atoms. The van der Waals surface area contributed by atoms with Crippen LogP contribution in [0.3, 0.4) is 0 Å². The predicted octanol–water partition coefficient (Wildman–Crippen LogP) is 3.09. The van der Waals surface area contributed by atoms with E-state index in [9.17, 15) is 0 Å². The molecule has 2 aromatic rings. The molecule has 3 nitrogen and oxygen atoms in total. The van der Waals surface area contributed by atoms with E-state index in [1.54, 1.807) is 6.20 Å². The third kappa shape index (κ3) is 2.81. The average molecular weight is 363 g/mol. The smallest absolute Gasteiger partial charge is 0.158 e. The van der Waals surface area contributed by atoms with Gasteiger partial charge in [-0.1, -0.05) is 11.6 Å². The van der Waals surface area contributed by atoms with Crippen LogP contribution in [-0.4, -0.2) is 25.2 Å². The molecule has 1 N–H and O–H groups in total. The van der Waals surface area contributed by atoms with Crippen molar-refractivity contribution in [2.24, 2.45) is 0 Å². The van der Waals surface area contributed by atoms with Gasteiger partial charge in [0.1, 0.15) is 12.1 Å². The van der Waals surface area contributed by atoms with Gasteiger partial charge in [-0.3, -0.25) is 4.98 Å². The number of likely N-dealkylation sites (N-methyl/N-ethyl adjacent to an activating group) is 1. The van der Waals surface area contributed by atoms with Gasteiger partial charge in [-0.2, -0.15) is 0 Å². The van der Waals surface area contributed by atoms with E-state index in [0.29, 0.717) is 11.6 Å². The zero-order valence-electron chi connectivity index (χ0n) is 9.34. The van der Waals surface area contributed by atoms with Gasteiger partial charge in [0.15, 0.2) is 5.75 Å². The molecular formula is C12H12ClIN2O. The van der Waals surface area contributed by atoms with Gasteiger partial charge in [0.2, 0.25) is 0 Å². The van der Waals surface area contributed by atoms with Gasteiger partial charge >= 0.3 is 0 Å². The van der Waals surface area contributed by atoms with Crippen LogP contribution in [0.25, 0.3) is 10.9 Å². The summed E-state index contributed by atoms with van der Waals surface area (Å²) in [6.45, 7) is 1.41. The van der Waals surface area contributed by atoms with E-state index in [-0.39, 0.29) is 0 Å². The van der Waals surface area contributed by atoms with Crippen LogP contribution in [0.15, 0.2) is 24.4 Å². The minimum absolute atomic E-state index is 0.611. The first kappa shape index (κ1) is 12.9. The lowest BCUT2D eigenvalue weighted by atomic mass is 10.2. The maximum Gasteiger partial charge on any atom is 0.158 e. The second-order valence-corrected chi connectivity index (χ2v) is 5.09. The van der Waals surface area contributed by atoms with Gasteiger partial charge in [0, 0.05) is 18.1 Å². The van der Waals surface area contributed by atoms with Gasteiger partial charge < -0.3 is 10.1 Å². The highest BCUT2D eigenvalue weighted by atomic mass is 127. The van der Waals surface area contributed by atoms with E-state index < -0.39 is 0 Å². The molecule has 0 unspecified atom stereocenters. The van der Waals surface area contributed by atoms with Crippen molar-refractivity contribution in [1.29, 1.82) is 0 Å². The lowest BCUT2D eigenvalue weighted by Gasteiger charge is -2.11. The van der Waals surface area contributed by atoms with Crippen LogP contribution >= 0.6 is 34.2 Å². The number of pyridine rings is 1. The Morgan fingerprint density at radius 1 is 1.53 bits per heavy atom. The summed E-state index contributed by atoms with van der Waals surface area (Å²) in [6, 6.07) is 5.73. The molecule has 1 aromatic carbocycles. The first-order valence-corrected chi connectivity index (χ1v) is 6.70. The fraction of sp³-hybridized carbons (Fsp3) is 0.250. The summed E-state index contributed by atoms with van der Waals surface area (Å²) in [7, 11) is 1.90. The zero-order valence-corrected chi connectivity index (χ0v) is 12.2. The molecule has 0 fully saturated rings. The minimum atomic E-state index is 0.611. The van der Waals surface area contributed by atoms with Crippen LogP contribution in [0.4, 0.5) is 0 Å². The number of hydrogen-bond donors (Lipinski definition) is 1. The van der Waals surface area contributed by atoms with Crippen LogP contribution in [-0.2, 0) is 0 Å². The fourth-order valence-electron chi connectivity index (χ4n) is 1.54. The SMILES string of the molecule is CNCCOc1c(I)cc(Cl)c2cccnc12. The number of nitrogens with one attached hydrogen (secondary N) is 1. The molecule has 5 heteroatoms. The highest BCUT2D eigenvalue weighted by molar-refractivity contribution is 14.1. The Hall–Kier alpha value is -0.590. The second kappa shape index (κ2) is 5.84. The van der Waals surface area contributed by atoms with Crippen molar-refractivity contribution in [3.63, 3.8) is 0 Å². The van der Waals surface area contributed by atoms with Crippen LogP contribution in [0.2, 0.25) is 5.02 Å². The van der Waals surface area contributed by atoms with Crippen molar-refractivity contribution in [2.75, 3.05) is 20.2 Å². The van der Waals surface area contributed by atoms with E-state index in [1.807, 2.05) is 25.2 Å². The van der Waals surface area contributed by atoms with E-state index >= 15 is 0 Å². The van der Waals surface area contributed by atoms with Crippen LogP contribution in [0.5, 0.6) is 5.75 Å². The number of rotatable bonds is 4. The molecule has 1 aromatic heterocycles. The highest BCUT2D eigenvalue weighted by Gasteiger charge is 2.11. The van der Waals surface area contributed by atoms with Crippen molar-refractivity contribution in [3.8, 4) is 5.75 Å². The van der Waals surface area contributed by atoms with Crippen LogP contribution < -0.4 is 10.1 Å². The molecule has 90 valence electrons. The largest absolute Gasteiger partial charge is 0.489 e. The van der Waals surface area contributed by atoms with E-state index in [4.69, 9.17) is 16.3 Å². The Balaban J connectivity index is 2.46. The molecule has 0 aliphatic rings. The number of halogens is 2. The van der Waals surface area contributed by atoms with Crippen molar-refractivity contribution < 1.29 is 4.74 Å². The molecule has 0 atom stereocenters. The van der Waals surface area contributed by atoms with E-state index in [1.165, 1.54) is 0 Å². The molecular weight excluding hydrogens is 351 g/mol. The molecule has 1 heterocycles. The normalized spacial score (nSPS) is 10.8. The average Bonchev–Trinajstić information content (AvgIpc) is 2.33. The Morgan fingerprint density at radius 2 is 2.35 bits per heavy atom.